The minimum Gasteiger partial charge on any atom is -0.368 e. The third kappa shape index (κ3) is 2.92. The van der Waals surface area contributed by atoms with Crippen molar-refractivity contribution in [2.24, 2.45) is 5.73 Å². The second-order valence-corrected chi connectivity index (χ2v) is 4.31. The molecule has 88 valence electrons. The molecule has 1 amide bonds. The van der Waals surface area contributed by atoms with Gasteiger partial charge in [0.25, 0.3) is 0 Å². The van der Waals surface area contributed by atoms with E-state index >= 15 is 0 Å². The van der Waals surface area contributed by atoms with Crippen LogP contribution in [0.3, 0.4) is 0 Å². The maximum atomic E-state index is 11.5. The van der Waals surface area contributed by atoms with Crippen molar-refractivity contribution in [3.05, 3.63) is 0 Å². The summed E-state index contributed by atoms with van der Waals surface area (Å²) >= 11 is 0. The molecule has 0 aromatic rings. The molecule has 1 rings (SSSR count). The zero-order valence-electron chi connectivity index (χ0n) is 9.88. The van der Waals surface area contributed by atoms with Crippen LogP contribution in [0, 0.1) is 0 Å². The van der Waals surface area contributed by atoms with Gasteiger partial charge in [0.05, 0.1) is 0 Å². The van der Waals surface area contributed by atoms with Gasteiger partial charge in [-0.1, -0.05) is 13.8 Å². The van der Waals surface area contributed by atoms with Gasteiger partial charge in [-0.3, -0.25) is 4.79 Å². The van der Waals surface area contributed by atoms with Gasteiger partial charge in [0, 0.05) is 13.1 Å². The summed E-state index contributed by atoms with van der Waals surface area (Å²) in [5.41, 5.74) is 5.07. The van der Waals surface area contributed by atoms with E-state index < -0.39 is 5.54 Å². The monoisotopic (exact) mass is 213 g/mol. The van der Waals surface area contributed by atoms with E-state index in [4.69, 9.17) is 5.73 Å². The van der Waals surface area contributed by atoms with Crippen molar-refractivity contribution in [3.63, 3.8) is 0 Å². The van der Waals surface area contributed by atoms with Crippen LogP contribution in [0.5, 0.6) is 0 Å². The number of nitrogens with two attached hydrogens (primary N) is 1. The highest BCUT2D eigenvalue weighted by Crippen LogP contribution is 2.21. The quantitative estimate of drug-likeness (QED) is 0.692. The first-order valence-electron chi connectivity index (χ1n) is 5.92. The average Bonchev–Trinajstić information content (AvgIpc) is 2.27. The highest BCUT2D eigenvalue weighted by Gasteiger charge is 2.38. The molecule has 1 aliphatic rings. The van der Waals surface area contributed by atoms with Gasteiger partial charge in [-0.25, -0.2) is 0 Å². The zero-order valence-corrected chi connectivity index (χ0v) is 9.88. The van der Waals surface area contributed by atoms with Gasteiger partial charge in [-0.05, 0) is 32.4 Å². The van der Waals surface area contributed by atoms with Gasteiger partial charge < -0.3 is 16.0 Å². The Labute approximate surface area is 92.2 Å². The van der Waals surface area contributed by atoms with Crippen molar-refractivity contribution in [3.8, 4) is 0 Å². The fraction of sp³-hybridized carbons (Fsp3) is 0.909. The first-order chi connectivity index (χ1) is 7.14. The van der Waals surface area contributed by atoms with E-state index in [0.717, 1.165) is 45.4 Å². The lowest BCUT2D eigenvalue weighted by molar-refractivity contribution is -0.126. The second kappa shape index (κ2) is 5.47. The molecule has 4 nitrogen and oxygen atoms in total. The largest absolute Gasteiger partial charge is 0.368 e. The van der Waals surface area contributed by atoms with Crippen LogP contribution in [-0.2, 0) is 4.79 Å². The fourth-order valence-electron chi connectivity index (χ4n) is 2.13. The number of nitrogens with zero attached hydrogens (tertiary/aromatic N) is 1. The molecule has 15 heavy (non-hydrogen) atoms. The molecule has 0 aromatic heterocycles. The van der Waals surface area contributed by atoms with Crippen LogP contribution in [0.1, 0.15) is 33.1 Å². The summed E-state index contributed by atoms with van der Waals surface area (Å²) in [5.74, 6) is -0.188. The van der Waals surface area contributed by atoms with Crippen LogP contribution in [0.15, 0.2) is 0 Å². The molecule has 1 fully saturated rings. The molecule has 0 aliphatic carbocycles. The Morgan fingerprint density at radius 2 is 2.00 bits per heavy atom. The van der Waals surface area contributed by atoms with Crippen LogP contribution in [0.25, 0.3) is 0 Å². The van der Waals surface area contributed by atoms with E-state index in [-0.39, 0.29) is 5.91 Å². The first kappa shape index (κ1) is 12.5. The Morgan fingerprint density at radius 3 is 2.40 bits per heavy atom. The lowest BCUT2D eigenvalue weighted by Gasteiger charge is -2.40. The van der Waals surface area contributed by atoms with Gasteiger partial charge >= 0.3 is 0 Å². The average molecular weight is 213 g/mol. The molecule has 1 heterocycles. The van der Waals surface area contributed by atoms with Crippen molar-refractivity contribution < 1.29 is 4.79 Å². The molecular weight excluding hydrogens is 190 g/mol. The number of amides is 1. The van der Waals surface area contributed by atoms with Crippen LogP contribution >= 0.6 is 0 Å². The van der Waals surface area contributed by atoms with E-state index in [0.29, 0.717) is 0 Å². The van der Waals surface area contributed by atoms with Crippen LogP contribution in [0.4, 0.5) is 0 Å². The van der Waals surface area contributed by atoms with Crippen LogP contribution in [0.2, 0.25) is 0 Å². The van der Waals surface area contributed by atoms with Crippen LogP contribution in [-0.4, -0.2) is 42.5 Å². The fourth-order valence-corrected chi connectivity index (χ4v) is 2.13. The number of piperidine rings is 1. The van der Waals surface area contributed by atoms with Crippen molar-refractivity contribution in [1.82, 2.24) is 10.2 Å². The molecule has 1 aliphatic heterocycles. The van der Waals surface area contributed by atoms with Crippen molar-refractivity contribution in [2.45, 2.75) is 38.6 Å². The molecule has 0 saturated carbocycles. The van der Waals surface area contributed by atoms with E-state index in [9.17, 15) is 4.79 Å². The summed E-state index contributed by atoms with van der Waals surface area (Å²) < 4.78 is 0. The summed E-state index contributed by atoms with van der Waals surface area (Å²) in [6, 6.07) is 0. The zero-order chi connectivity index (χ0) is 11.3. The SMILES string of the molecule is CCCNC1(C(N)=O)CCN(CC)CC1. The topological polar surface area (TPSA) is 58.4 Å². The number of hydrogen-bond donors (Lipinski definition) is 2. The molecular formula is C11H23N3O. The molecule has 0 radical (unpaired) electrons. The molecule has 4 heteroatoms. The summed E-state index contributed by atoms with van der Waals surface area (Å²) in [7, 11) is 0. The third-order valence-corrected chi connectivity index (χ3v) is 3.34. The minimum atomic E-state index is -0.443. The highest BCUT2D eigenvalue weighted by atomic mass is 16.1. The summed E-state index contributed by atoms with van der Waals surface area (Å²) in [6.45, 7) is 8.11. The number of carbonyl (C=O) groups is 1. The van der Waals surface area contributed by atoms with E-state index in [1.165, 1.54) is 0 Å². The Morgan fingerprint density at radius 1 is 1.40 bits per heavy atom. The molecule has 3 N–H and O–H groups in total. The maximum Gasteiger partial charge on any atom is 0.237 e. The Bertz CT molecular complexity index is 210. The number of hydrogen-bond acceptors (Lipinski definition) is 3. The standard InChI is InChI=1S/C11H23N3O/c1-3-7-13-11(10(12)15)5-8-14(4-2)9-6-11/h13H,3-9H2,1-2H3,(H2,12,15). The highest BCUT2D eigenvalue weighted by molar-refractivity contribution is 5.84. The van der Waals surface area contributed by atoms with Gasteiger partial charge in [0.1, 0.15) is 5.54 Å². The number of nitrogens with one attached hydrogen (secondary N) is 1. The van der Waals surface area contributed by atoms with Gasteiger partial charge in [-0.15, -0.1) is 0 Å². The number of primary amides is 1. The summed E-state index contributed by atoms with van der Waals surface area (Å²) in [6.07, 6.45) is 2.72. The Balaban J connectivity index is 2.56. The normalized spacial score (nSPS) is 21.5. The minimum absolute atomic E-state index is 0.188. The summed E-state index contributed by atoms with van der Waals surface area (Å²) in [5, 5.41) is 3.33. The smallest absolute Gasteiger partial charge is 0.237 e. The Hall–Kier alpha value is -0.610. The number of carbonyl (C=O) groups excluding carboxylic acids is 1. The van der Waals surface area contributed by atoms with Crippen LogP contribution < -0.4 is 11.1 Å². The lowest BCUT2D eigenvalue weighted by Crippen LogP contribution is -2.60. The molecule has 1 saturated heterocycles. The first-order valence-corrected chi connectivity index (χ1v) is 5.92. The molecule has 0 unspecified atom stereocenters. The lowest BCUT2D eigenvalue weighted by atomic mass is 9.86. The molecule has 0 bridgehead atoms. The summed E-state index contributed by atoms with van der Waals surface area (Å²) in [4.78, 5) is 13.9. The predicted octanol–water partition coefficient (Wildman–Crippen LogP) is 0.326. The van der Waals surface area contributed by atoms with E-state index in [2.05, 4.69) is 24.1 Å². The predicted molar refractivity (Wildman–Crippen MR) is 61.6 cm³/mol. The van der Waals surface area contributed by atoms with E-state index in [1.54, 1.807) is 0 Å². The van der Waals surface area contributed by atoms with Crippen molar-refractivity contribution in [2.75, 3.05) is 26.2 Å². The second-order valence-electron chi connectivity index (χ2n) is 4.31. The Kier molecular flexibility index (Phi) is 4.54. The van der Waals surface area contributed by atoms with E-state index in [1.807, 2.05) is 0 Å². The molecule has 0 atom stereocenters. The van der Waals surface area contributed by atoms with Crippen molar-refractivity contribution in [1.29, 1.82) is 0 Å². The van der Waals surface area contributed by atoms with Gasteiger partial charge in [0.2, 0.25) is 5.91 Å². The number of rotatable bonds is 5. The molecule has 0 aromatic carbocycles. The molecule has 0 spiro atoms. The van der Waals surface area contributed by atoms with Gasteiger partial charge in [-0.2, -0.15) is 0 Å². The van der Waals surface area contributed by atoms with Gasteiger partial charge in [0.15, 0.2) is 0 Å². The third-order valence-electron chi connectivity index (χ3n) is 3.34. The maximum absolute atomic E-state index is 11.5. The number of likely N-dealkylation sites (tertiary alicyclic amines) is 1. The van der Waals surface area contributed by atoms with Crippen molar-refractivity contribution >= 4 is 5.91 Å².